The highest BCUT2D eigenvalue weighted by Crippen LogP contribution is 2.20. The number of aromatic amines is 1. The molecule has 0 aliphatic carbocycles. The van der Waals surface area contributed by atoms with Crippen LogP contribution in [0.25, 0.3) is 10.9 Å². The second-order valence-electron chi connectivity index (χ2n) is 25.7. The van der Waals surface area contributed by atoms with Gasteiger partial charge in [-0.1, -0.05) is 88.4 Å². The molecule has 548 valence electrons. The average Bonchev–Trinajstić information content (AvgIpc) is 1.65. The molecule has 0 aliphatic heterocycles. The summed E-state index contributed by atoms with van der Waals surface area (Å²) in [6, 6.07) is 7.46. The van der Waals surface area contributed by atoms with E-state index in [-0.39, 0.29) is 88.0 Å². The normalized spacial score (nSPS) is 14.8. The monoisotopic (exact) mass is 1390 g/mol. The van der Waals surface area contributed by atoms with E-state index in [1.807, 2.05) is 24.3 Å². The lowest BCUT2D eigenvalue weighted by atomic mass is 10.00. The number of amides is 12. The first-order valence-electron chi connectivity index (χ1n) is 33.4. The number of aliphatic hydroxyl groups is 1. The summed E-state index contributed by atoms with van der Waals surface area (Å²) in [6.07, 6.45) is 1.37. The molecule has 0 bridgehead atoms. The number of phenolic OH excluding ortho intramolecular Hbond substituents is 1. The van der Waals surface area contributed by atoms with E-state index in [2.05, 4.69) is 68.5 Å². The molecule has 3 aromatic carbocycles. The van der Waals surface area contributed by atoms with E-state index < -0.39 is 150 Å². The van der Waals surface area contributed by atoms with Crippen LogP contribution in [-0.4, -0.2) is 184 Å². The van der Waals surface area contributed by atoms with E-state index in [0.717, 1.165) is 10.9 Å². The summed E-state index contributed by atoms with van der Waals surface area (Å²) in [6.45, 7) is 12.2. The molecule has 0 saturated heterocycles. The number of nitrogens with one attached hydrogen (secondary N) is 12. The number of phenols is 1. The first-order chi connectivity index (χ1) is 47.3. The molecule has 12 amide bonds. The standard InChI is InChI=1S/C68H102N18O14/c1-36(2)29-51(63(96)77-38(5)58(91)76-35-55(89)80-48(22-16-28-74-68(72)73)61(94)82-50(57(71)90)33-44-34-75-47-20-13-12-19-46(44)47)84-62(95)49(21-14-15-27-69)81-59(92)39(6)78-64(97)52(30-37(3)4)85-66(99)54(31-42-17-10-9-11-18-42)86-65(98)53(32-43-23-25-45(88)26-24-43)83-60(93)40(7)79-67(100)56(70)41(8)87/h9-13,17-20,23-26,34,36-41,48-54,56,75,87-88H,14-16,21-22,27-33,35,69-70H2,1-8H3,(H2,71,90)(H,76,91)(H,77,96)(H,78,97)(H,79,100)(H,80,89)(H,81,92)(H,82,94)(H,83,93)(H,84,95)(H,85,99)(H,86,98)(H4,72,73,74)/t38-,39-,40-,41+,48-,49-,50-,51-,52-,53-,54-,56-/m0/s1. The maximum atomic E-state index is 14.6. The van der Waals surface area contributed by atoms with Crippen molar-refractivity contribution in [2.45, 2.75) is 192 Å². The van der Waals surface area contributed by atoms with E-state index in [0.29, 0.717) is 29.5 Å². The number of nitrogens with two attached hydrogens (primary N) is 5. The Hall–Kier alpha value is -10.2. The molecule has 0 spiro atoms. The lowest BCUT2D eigenvalue weighted by Crippen LogP contribution is -2.60. The molecule has 0 saturated carbocycles. The van der Waals surface area contributed by atoms with E-state index >= 15 is 0 Å². The number of aliphatic imine (C=N–C) groups is 1. The Morgan fingerprint density at radius 1 is 0.470 bits per heavy atom. The fourth-order valence-electron chi connectivity index (χ4n) is 10.4. The Labute approximate surface area is 581 Å². The highest BCUT2D eigenvalue weighted by Gasteiger charge is 2.35. The Bertz CT molecular complexity index is 3440. The number of aromatic hydroxyl groups is 1. The van der Waals surface area contributed by atoms with Crippen molar-refractivity contribution in [1.82, 2.24) is 63.5 Å². The lowest BCUT2D eigenvalue weighted by molar-refractivity contribution is -0.136. The number of carbonyl (C=O) groups is 12. The molecule has 0 fully saturated rings. The molecule has 12 atom stereocenters. The highest BCUT2D eigenvalue weighted by molar-refractivity contribution is 5.99. The third-order valence-electron chi connectivity index (χ3n) is 16.0. The Morgan fingerprint density at radius 2 is 0.910 bits per heavy atom. The van der Waals surface area contributed by atoms with Gasteiger partial charge < -0.3 is 102 Å². The summed E-state index contributed by atoms with van der Waals surface area (Å²) in [7, 11) is 0. The fourth-order valence-corrected chi connectivity index (χ4v) is 10.4. The van der Waals surface area contributed by atoms with Crippen molar-refractivity contribution >= 4 is 87.7 Å². The summed E-state index contributed by atoms with van der Waals surface area (Å²) >= 11 is 0. The van der Waals surface area contributed by atoms with E-state index in [1.54, 1.807) is 64.2 Å². The minimum absolute atomic E-state index is 0.00297. The number of nitrogens with zero attached hydrogens (tertiary/aromatic N) is 1. The lowest BCUT2D eigenvalue weighted by Gasteiger charge is -2.28. The summed E-state index contributed by atoms with van der Waals surface area (Å²) < 4.78 is 0. The van der Waals surface area contributed by atoms with Crippen molar-refractivity contribution in [3.05, 3.63) is 102 Å². The van der Waals surface area contributed by atoms with E-state index in [9.17, 15) is 67.7 Å². The van der Waals surface area contributed by atoms with Crippen LogP contribution >= 0.6 is 0 Å². The second-order valence-corrected chi connectivity index (χ2v) is 25.7. The van der Waals surface area contributed by atoms with Crippen LogP contribution in [0.3, 0.4) is 0 Å². The minimum atomic E-state index is -1.39. The molecule has 0 unspecified atom stereocenters. The number of fused-ring (bicyclic) bond motifs is 1. The summed E-state index contributed by atoms with van der Waals surface area (Å²) in [4.78, 5) is 172. The maximum Gasteiger partial charge on any atom is 0.243 e. The molecule has 1 heterocycles. The Balaban J connectivity index is 1.45. The summed E-state index contributed by atoms with van der Waals surface area (Å²) in [5, 5.41) is 49.3. The minimum Gasteiger partial charge on any atom is -0.508 e. The van der Waals surface area contributed by atoms with Gasteiger partial charge in [-0.3, -0.25) is 62.5 Å². The number of H-pyrrole nitrogens is 1. The predicted octanol–water partition coefficient (Wildman–Crippen LogP) is -2.61. The summed E-state index contributed by atoms with van der Waals surface area (Å²) in [5.74, 6) is -10.4. The fraction of sp³-hybridized carbons (Fsp3) is 0.515. The SMILES string of the molecule is CC(C)C[C@H](NC(=O)[C@H](CCCCN)NC(=O)[C@H](C)NC(=O)[C@H](CC(C)C)NC(=O)[C@H](Cc1ccccc1)NC(=O)[C@H](Cc1ccc(O)cc1)NC(=O)[C@H](C)NC(=O)[C@@H](N)[C@@H](C)O)C(=O)N[C@@H](C)C(=O)NCC(=O)N[C@@H](CCCN=C(N)N)C(=O)N[C@@H](Cc1c[nH]c2ccccc12)C(N)=O. The van der Waals surface area contributed by atoms with Crippen molar-refractivity contribution in [2.75, 3.05) is 19.6 Å². The number of carbonyl (C=O) groups excluding carboxylic acids is 12. The molecule has 24 N–H and O–H groups in total. The van der Waals surface area contributed by atoms with Crippen LogP contribution in [0, 0.1) is 11.8 Å². The number of rotatable bonds is 42. The smallest absolute Gasteiger partial charge is 0.243 e. The number of benzene rings is 3. The number of primary amides is 1. The van der Waals surface area contributed by atoms with Crippen molar-refractivity contribution in [1.29, 1.82) is 0 Å². The van der Waals surface area contributed by atoms with Crippen molar-refractivity contribution in [2.24, 2.45) is 45.5 Å². The molecule has 4 aromatic rings. The molecule has 0 aliphatic rings. The van der Waals surface area contributed by atoms with Crippen LogP contribution in [0.5, 0.6) is 5.75 Å². The Kier molecular flexibility index (Phi) is 33.9. The molecule has 32 heteroatoms. The van der Waals surface area contributed by atoms with Crippen LogP contribution in [0.2, 0.25) is 0 Å². The van der Waals surface area contributed by atoms with Gasteiger partial charge in [-0.15, -0.1) is 0 Å². The van der Waals surface area contributed by atoms with Gasteiger partial charge in [-0.05, 0) is 126 Å². The van der Waals surface area contributed by atoms with Crippen molar-refractivity contribution in [3.8, 4) is 5.75 Å². The molecular formula is C68H102N18O14. The number of para-hydroxylation sites is 1. The van der Waals surface area contributed by atoms with Gasteiger partial charge in [-0.2, -0.15) is 0 Å². The first-order valence-corrected chi connectivity index (χ1v) is 33.4. The number of hydrogen-bond acceptors (Lipinski definition) is 17. The van der Waals surface area contributed by atoms with Gasteiger partial charge >= 0.3 is 0 Å². The van der Waals surface area contributed by atoms with Gasteiger partial charge in [0.05, 0.1) is 12.6 Å². The van der Waals surface area contributed by atoms with Gasteiger partial charge in [-0.25, -0.2) is 0 Å². The third-order valence-corrected chi connectivity index (χ3v) is 16.0. The quantitative estimate of drug-likeness (QED) is 0.0123. The van der Waals surface area contributed by atoms with Crippen LogP contribution in [0.15, 0.2) is 90.1 Å². The van der Waals surface area contributed by atoms with Crippen molar-refractivity contribution < 1.29 is 67.7 Å². The molecule has 0 radical (unpaired) electrons. The zero-order valence-corrected chi connectivity index (χ0v) is 58.0. The van der Waals surface area contributed by atoms with Crippen LogP contribution < -0.4 is 87.2 Å². The predicted molar refractivity (Wildman–Crippen MR) is 374 cm³/mol. The second kappa shape index (κ2) is 41.3. The van der Waals surface area contributed by atoms with Crippen LogP contribution in [0.1, 0.15) is 117 Å². The van der Waals surface area contributed by atoms with Crippen molar-refractivity contribution in [3.63, 3.8) is 0 Å². The molecule has 4 rings (SSSR count). The van der Waals surface area contributed by atoms with Crippen LogP contribution in [-0.2, 0) is 76.8 Å². The zero-order valence-electron chi connectivity index (χ0n) is 58.0. The van der Waals surface area contributed by atoms with Gasteiger partial charge in [0, 0.05) is 42.9 Å². The molecule has 32 nitrogen and oxygen atoms in total. The number of hydrogen-bond donors (Lipinski definition) is 19. The number of aliphatic hydroxyl groups excluding tert-OH is 1. The Morgan fingerprint density at radius 3 is 1.43 bits per heavy atom. The van der Waals surface area contributed by atoms with Crippen LogP contribution in [0.4, 0.5) is 0 Å². The highest BCUT2D eigenvalue weighted by atomic mass is 16.3. The molecule has 100 heavy (non-hydrogen) atoms. The maximum absolute atomic E-state index is 14.6. The van der Waals surface area contributed by atoms with E-state index in [4.69, 9.17) is 28.7 Å². The average molecular weight is 1400 g/mol. The van der Waals surface area contributed by atoms with Gasteiger partial charge in [0.25, 0.3) is 0 Å². The number of aromatic nitrogens is 1. The van der Waals surface area contributed by atoms with Gasteiger partial charge in [0.15, 0.2) is 5.96 Å². The van der Waals surface area contributed by atoms with E-state index in [1.165, 1.54) is 52.0 Å². The number of guanidine groups is 1. The van der Waals surface area contributed by atoms with Gasteiger partial charge in [0.2, 0.25) is 70.9 Å². The largest absolute Gasteiger partial charge is 0.508 e. The summed E-state index contributed by atoms with van der Waals surface area (Å²) in [5.41, 5.74) is 30.8. The van der Waals surface area contributed by atoms with Gasteiger partial charge in [0.1, 0.15) is 72.2 Å². The third kappa shape index (κ3) is 28.3. The zero-order chi connectivity index (χ0) is 74.3. The molecule has 1 aromatic heterocycles. The number of unbranched alkanes of at least 4 members (excludes halogenated alkanes) is 1. The first kappa shape index (κ1) is 82.2. The molecular weight excluding hydrogens is 1290 g/mol. The topological polar surface area (TPSA) is 536 Å².